The Morgan fingerprint density at radius 3 is 0.982 bits per heavy atom. The second-order valence-corrected chi connectivity index (χ2v) is 14.4. The van der Waals surface area contributed by atoms with Gasteiger partial charge in [0.25, 0.3) is 0 Å². The largest absolute Gasteiger partial charge is 0.0622 e. The molecule has 0 bridgehead atoms. The second kappa shape index (κ2) is 14.5. The maximum Gasteiger partial charge on any atom is -0.00261 e. The van der Waals surface area contributed by atoms with Crippen molar-refractivity contribution >= 4 is 21.5 Å². The molecule has 0 N–H and O–H groups in total. The fraction of sp³-hybridized carbons (Fsp3) is 0. The highest BCUT2D eigenvalue weighted by atomic mass is 14.2. The summed E-state index contributed by atoms with van der Waals surface area (Å²) in [5.41, 5.74) is 17.1. The normalized spacial score (nSPS) is 11.2. The summed E-state index contributed by atoms with van der Waals surface area (Å²) in [5, 5.41) is 5.03. The lowest BCUT2D eigenvalue weighted by Crippen LogP contribution is -1.92. The van der Waals surface area contributed by atoms with E-state index in [9.17, 15) is 0 Å². The molecule has 0 unspecified atom stereocenters. The van der Waals surface area contributed by atoms with Gasteiger partial charge in [-0.05, 0) is 112 Å². The predicted octanol–water partition coefficient (Wildman–Crippen LogP) is 15.7. The lowest BCUT2D eigenvalue weighted by molar-refractivity contribution is 1.55. The highest BCUT2D eigenvalue weighted by Crippen LogP contribution is 2.45. The van der Waals surface area contributed by atoms with Gasteiger partial charge in [-0.3, -0.25) is 0 Å². The summed E-state index contributed by atoms with van der Waals surface area (Å²) in [5.74, 6) is 0. The number of hydrogen-bond acceptors (Lipinski definition) is 0. The Morgan fingerprint density at radius 2 is 0.482 bits per heavy atom. The van der Waals surface area contributed by atoms with E-state index >= 15 is 0 Å². The van der Waals surface area contributed by atoms with Crippen molar-refractivity contribution in [1.29, 1.82) is 0 Å². The van der Waals surface area contributed by atoms with Gasteiger partial charge in [-0.15, -0.1) is 0 Å². The van der Waals surface area contributed by atoms with Gasteiger partial charge in [-0.25, -0.2) is 0 Å². The molecule has 10 aromatic rings. The van der Waals surface area contributed by atoms with E-state index in [1.807, 2.05) is 0 Å². The van der Waals surface area contributed by atoms with Gasteiger partial charge in [0.05, 0.1) is 0 Å². The monoisotopic (exact) mass is 710 g/mol. The van der Waals surface area contributed by atoms with E-state index in [0.29, 0.717) is 0 Å². The molecule has 0 fully saturated rings. The molecule has 0 radical (unpaired) electrons. The van der Waals surface area contributed by atoms with Gasteiger partial charge in [0.2, 0.25) is 0 Å². The van der Waals surface area contributed by atoms with E-state index in [-0.39, 0.29) is 0 Å². The Bertz CT molecular complexity index is 2900. The van der Waals surface area contributed by atoms with Crippen LogP contribution in [0, 0.1) is 0 Å². The third kappa shape index (κ3) is 6.18. The first-order valence-electron chi connectivity index (χ1n) is 19.3. The second-order valence-electron chi connectivity index (χ2n) is 14.4. The zero-order chi connectivity index (χ0) is 37.3. The van der Waals surface area contributed by atoms with Crippen LogP contribution in [0.1, 0.15) is 0 Å². The summed E-state index contributed by atoms with van der Waals surface area (Å²) >= 11 is 0. The molecule has 0 nitrogen and oxygen atoms in total. The molecule has 10 aromatic carbocycles. The van der Waals surface area contributed by atoms with Crippen molar-refractivity contribution in [3.63, 3.8) is 0 Å². The molecule has 56 heavy (non-hydrogen) atoms. The summed E-state index contributed by atoms with van der Waals surface area (Å²) in [6.45, 7) is 0. The van der Waals surface area contributed by atoms with E-state index in [1.165, 1.54) is 99.4 Å². The highest BCUT2D eigenvalue weighted by Gasteiger charge is 2.18. The van der Waals surface area contributed by atoms with Crippen molar-refractivity contribution in [2.75, 3.05) is 0 Å². The zero-order valence-corrected chi connectivity index (χ0v) is 30.9. The van der Waals surface area contributed by atoms with Crippen LogP contribution >= 0.6 is 0 Å². The van der Waals surface area contributed by atoms with Crippen molar-refractivity contribution in [3.8, 4) is 77.9 Å². The van der Waals surface area contributed by atoms with E-state index in [1.54, 1.807) is 0 Å². The van der Waals surface area contributed by atoms with Crippen LogP contribution in [0.3, 0.4) is 0 Å². The smallest absolute Gasteiger partial charge is 0.00261 e. The summed E-state index contributed by atoms with van der Waals surface area (Å²) in [4.78, 5) is 0. The van der Waals surface area contributed by atoms with Gasteiger partial charge < -0.3 is 0 Å². The molecule has 0 aromatic heterocycles. The van der Waals surface area contributed by atoms with E-state index in [4.69, 9.17) is 0 Å². The SMILES string of the molecule is c1ccc(-c2ccc(-c3ccc(-c4c5ccccc5c(-c5ccccc5)c5ccccc45)cc3-c3ccc(-c4cccc(-c5ccccc5)c4)cc3)cc2)cc1. The minimum atomic E-state index is 1.19. The van der Waals surface area contributed by atoms with Crippen LogP contribution in [-0.2, 0) is 0 Å². The van der Waals surface area contributed by atoms with Crippen LogP contribution in [0.25, 0.3) is 99.4 Å². The van der Waals surface area contributed by atoms with Crippen LogP contribution in [0.2, 0.25) is 0 Å². The van der Waals surface area contributed by atoms with Crippen molar-refractivity contribution in [3.05, 3.63) is 231 Å². The molecule has 262 valence electrons. The lowest BCUT2D eigenvalue weighted by Gasteiger charge is -2.19. The molecule has 0 aliphatic carbocycles. The van der Waals surface area contributed by atoms with Gasteiger partial charge in [-0.1, -0.05) is 218 Å². The Labute approximate surface area is 328 Å². The topological polar surface area (TPSA) is 0 Å². The molecule has 0 aliphatic rings. The quantitative estimate of drug-likeness (QED) is 0.144. The molecule has 0 saturated carbocycles. The van der Waals surface area contributed by atoms with E-state index in [0.717, 1.165) is 0 Å². The fourth-order valence-electron chi connectivity index (χ4n) is 8.37. The standard InChI is InChI=1S/C56H38/c1-4-15-39(16-5-1)41-27-31-43(32-28-41)49-36-35-48(38-54(49)44-33-29-42(30-34-44)47-22-14-21-46(37-47)40-17-6-2-7-18-40)56-52-25-12-10-23-50(52)55(45-19-8-3-9-20-45)51-24-11-13-26-53(51)56/h1-38H. The molecule has 0 aliphatic heterocycles. The maximum atomic E-state index is 2.42. The summed E-state index contributed by atoms with van der Waals surface area (Å²) < 4.78 is 0. The number of fused-ring (bicyclic) bond motifs is 2. The van der Waals surface area contributed by atoms with Gasteiger partial charge in [0, 0.05) is 0 Å². The first kappa shape index (κ1) is 33.3. The van der Waals surface area contributed by atoms with Gasteiger partial charge in [0.15, 0.2) is 0 Å². The van der Waals surface area contributed by atoms with Crippen molar-refractivity contribution in [2.45, 2.75) is 0 Å². The molecule has 0 atom stereocenters. The first-order chi connectivity index (χ1) is 27.8. The minimum absolute atomic E-state index is 1.19. The average molecular weight is 711 g/mol. The van der Waals surface area contributed by atoms with Gasteiger partial charge in [0.1, 0.15) is 0 Å². The number of rotatable bonds is 7. The first-order valence-corrected chi connectivity index (χ1v) is 19.3. The van der Waals surface area contributed by atoms with E-state index < -0.39 is 0 Å². The Hall–Kier alpha value is -7.28. The number of hydrogen-bond donors (Lipinski definition) is 0. The predicted molar refractivity (Wildman–Crippen MR) is 240 cm³/mol. The van der Waals surface area contributed by atoms with Crippen molar-refractivity contribution in [1.82, 2.24) is 0 Å². The minimum Gasteiger partial charge on any atom is -0.0622 e. The molecule has 0 heterocycles. The van der Waals surface area contributed by atoms with Crippen molar-refractivity contribution < 1.29 is 0 Å². The molecular weight excluding hydrogens is 673 g/mol. The molecular formula is C56H38. The third-order valence-corrected chi connectivity index (χ3v) is 11.1. The zero-order valence-electron chi connectivity index (χ0n) is 30.9. The molecule has 0 heteroatoms. The van der Waals surface area contributed by atoms with Gasteiger partial charge >= 0.3 is 0 Å². The summed E-state index contributed by atoms with van der Waals surface area (Å²) in [6, 6.07) is 83.9. The maximum absolute atomic E-state index is 2.42. The number of benzene rings is 10. The van der Waals surface area contributed by atoms with Crippen LogP contribution in [-0.4, -0.2) is 0 Å². The fourth-order valence-corrected chi connectivity index (χ4v) is 8.37. The Kier molecular flexibility index (Phi) is 8.63. The highest BCUT2D eigenvalue weighted by molar-refractivity contribution is 6.21. The molecule has 0 amide bonds. The molecule has 0 spiro atoms. The van der Waals surface area contributed by atoms with E-state index in [2.05, 4.69) is 231 Å². The Morgan fingerprint density at radius 1 is 0.161 bits per heavy atom. The van der Waals surface area contributed by atoms with Gasteiger partial charge in [-0.2, -0.15) is 0 Å². The molecule has 10 rings (SSSR count). The third-order valence-electron chi connectivity index (χ3n) is 11.1. The van der Waals surface area contributed by atoms with Crippen LogP contribution in [0.15, 0.2) is 231 Å². The van der Waals surface area contributed by atoms with Crippen molar-refractivity contribution in [2.24, 2.45) is 0 Å². The average Bonchev–Trinajstić information content (AvgIpc) is 3.29. The summed E-state index contributed by atoms with van der Waals surface area (Å²) in [7, 11) is 0. The summed E-state index contributed by atoms with van der Waals surface area (Å²) in [6.07, 6.45) is 0. The van der Waals surface area contributed by atoms with Crippen LogP contribution in [0.4, 0.5) is 0 Å². The van der Waals surface area contributed by atoms with Crippen LogP contribution < -0.4 is 0 Å². The lowest BCUT2D eigenvalue weighted by atomic mass is 9.84. The van der Waals surface area contributed by atoms with Crippen LogP contribution in [0.5, 0.6) is 0 Å². The molecule has 0 saturated heterocycles. The Balaban J connectivity index is 1.14.